The highest BCUT2D eigenvalue weighted by molar-refractivity contribution is 7.10. The zero-order chi connectivity index (χ0) is 24.7. The molecule has 0 saturated carbocycles. The number of thiophene rings is 1. The number of fused-ring (bicyclic) bond motifs is 1. The maximum Gasteiger partial charge on any atom is 0.490 e. The van der Waals surface area contributed by atoms with Gasteiger partial charge in [-0.15, -0.1) is 11.3 Å². The first-order valence-electron chi connectivity index (χ1n) is 9.27. The first-order valence-corrected chi connectivity index (χ1v) is 10.1. The Balaban J connectivity index is 0.000000305. The third kappa shape index (κ3) is 9.71. The predicted octanol–water partition coefficient (Wildman–Crippen LogP) is 3.09. The fourth-order valence-electron chi connectivity index (χ4n) is 3.04. The van der Waals surface area contributed by atoms with Crippen LogP contribution in [0, 0.1) is 12.8 Å². The summed E-state index contributed by atoms with van der Waals surface area (Å²) in [7, 11) is 2.21. The lowest BCUT2D eigenvalue weighted by atomic mass is 10.1. The molecule has 7 nitrogen and oxygen atoms in total. The van der Waals surface area contributed by atoms with Crippen molar-refractivity contribution in [3.63, 3.8) is 0 Å². The van der Waals surface area contributed by atoms with Gasteiger partial charge >= 0.3 is 24.3 Å². The van der Waals surface area contributed by atoms with Crippen molar-refractivity contribution in [1.29, 1.82) is 0 Å². The highest BCUT2D eigenvalue weighted by Crippen LogP contribution is 2.26. The van der Waals surface area contributed by atoms with Crippen molar-refractivity contribution in [2.24, 2.45) is 5.92 Å². The third-order valence-corrected chi connectivity index (χ3v) is 5.64. The van der Waals surface area contributed by atoms with Crippen LogP contribution in [0.4, 0.5) is 26.3 Å². The molecular weight excluding hydrogens is 470 g/mol. The Bertz CT molecular complexity index is 731. The summed E-state index contributed by atoms with van der Waals surface area (Å²) in [5.41, 5.74) is 1.44. The molecule has 2 N–H and O–H groups in total. The standard InChI is InChI=1S/C14H22N2OS.2C2HF3O2/c1-11-3-6-18-14(11)10-16-8-12-7-15(2)4-5-17-13(12)9-16;2*3-2(4,5)1(6)7/h3,6,12-13H,4-5,7-10H2,1-2H3;2*(H,6,7)/t12-,13+;;/m0../s1. The summed E-state index contributed by atoms with van der Waals surface area (Å²) in [6.07, 6.45) is -9.71. The maximum absolute atomic E-state index is 10.6. The average molecular weight is 494 g/mol. The predicted molar refractivity (Wildman–Crippen MR) is 102 cm³/mol. The van der Waals surface area contributed by atoms with E-state index >= 15 is 0 Å². The molecule has 2 aliphatic rings. The summed E-state index contributed by atoms with van der Waals surface area (Å²) in [6, 6.07) is 2.22. The van der Waals surface area contributed by atoms with Crippen LogP contribution in [0.15, 0.2) is 11.4 Å². The second-order valence-corrected chi connectivity index (χ2v) is 8.26. The van der Waals surface area contributed by atoms with Crippen molar-refractivity contribution in [3.8, 4) is 0 Å². The van der Waals surface area contributed by atoms with Crippen LogP contribution in [-0.2, 0) is 20.9 Å². The van der Waals surface area contributed by atoms with E-state index in [2.05, 4.69) is 35.2 Å². The minimum absolute atomic E-state index is 0.454. The molecule has 2 aliphatic heterocycles. The van der Waals surface area contributed by atoms with Crippen molar-refractivity contribution in [1.82, 2.24) is 9.80 Å². The maximum atomic E-state index is 10.6. The van der Waals surface area contributed by atoms with Gasteiger partial charge in [0.05, 0.1) is 12.7 Å². The van der Waals surface area contributed by atoms with Crippen LogP contribution >= 0.6 is 11.3 Å². The number of hydrogen-bond acceptors (Lipinski definition) is 6. The monoisotopic (exact) mass is 494 g/mol. The molecule has 2 saturated heterocycles. The Morgan fingerprint density at radius 2 is 1.62 bits per heavy atom. The Kier molecular flexibility index (Phi) is 10.4. The second-order valence-electron chi connectivity index (χ2n) is 7.26. The van der Waals surface area contributed by atoms with Gasteiger partial charge < -0.3 is 19.8 Å². The molecular formula is C18H24F6N2O5S. The summed E-state index contributed by atoms with van der Waals surface area (Å²) in [4.78, 5) is 24.3. The molecule has 1 aromatic rings. The molecule has 2 fully saturated rings. The van der Waals surface area contributed by atoms with Gasteiger partial charge in [-0.2, -0.15) is 26.3 Å². The van der Waals surface area contributed by atoms with Crippen molar-refractivity contribution in [2.75, 3.05) is 39.8 Å². The molecule has 32 heavy (non-hydrogen) atoms. The molecule has 0 amide bonds. The Morgan fingerprint density at radius 1 is 1.09 bits per heavy atom. The molecule has 3 rings (SSSR count). The van der Waals surface area contributed by atoms with Crippen molar-refractivity contribution in [2.45, 2.75) is 31.9 Å². The van der Waals surface area contributed by atoms with Crippen molar-refractivity contribution >= 4 is 23.3 Å². The van der Waals surface area contributed by atoms with Gasteiger partial charge in [-0.1, -0.05) is 0 Å². The topological polar surface area (TPSA) is 90.3 Å². The van der Waals surface area contributed by atoms with E-state index in [0.717, 1.165) is 26.2 Å². The normalized spacial score (nSPS) is 22.0. The molecule has 1 aromatic heterocycles. The summed E-state index contributed by atoms with van der Waals surface area (Å²) in [5.74, 6) is -4.82. The largest absolute Gasteiger partial charge is 0.490 e. The van der Waals surface area contributed by atoms with E-state index in [4.69, 9.17) is 24.5 Å². The molecule has 0 aromatic carbocycles. The van der Waals surface area contributed by atoms with Crippen LogP contribution in [0.2, 0.25) is 0 Å². The molecule has 0 radical (unpaired) electrons. The Morgan fingerprint density at radius 3 is 2.06 bits per heavy atom. The van der Waals surface area contributed by atoms with E-state index < -0.39 is 24.3 Å². The number of halogens is 6. The number of likely N-dealkylation sites (N-methyl/N-ethyl adjacent to an activating group) is 1. The summed E-state index contributed by atoms with van der Waals surface area (Å²) < 4.78 is 69.5. The highest BCUT2D eigenvalue weighted by Gasteiger charge is 2.39. The van der Waals surface area contributed by atoms with Gasteiger partial charge in [0.2, 0.25) is 0 Å². The number of likely N-dealkylation sites (tertiary alicyclic amines) is 1. The van der Waals surface area contributed by atoms with Gasteiger partial charge in [0.15, 0.2) is 0 Å². The number of aryl methyl sites for hydroxylation is 1. The van der Waals surface area contributed by atoms with E-state index in [-0.39, 0.29) is 0 Å². The lowest BCUT2D eigenvalue weighted by Crippen LogP contribution is -2.29. The van der Waals surface area contributed by atoms with Crippen LogP contribution < -0.4 is 0 Å². The zero-order valence-corrected chi connectivity index (χ0v) is 18.1. The quantitative estimate of drug-likeness (QED) is 0.611. The fraction of sp³-hybridized carbons (Fsp3) is 0.667. The molecule has 184 valence electrons. The molecule has 0 aliphatic carbocycles. The van der Waals surface area contributed by atoms with Crippen LogP contribution in [0.5, 0.6) is 0 Å². The van der Waals surface area contributed by atoms with Crippen LogP contribution in [0.25, 0.3) is 0 Å². The minimum Gasteiger partial charge on any atom is -0.475 e. The van der Waals surface area contributed by atoms with Gasteiger partial charge in [-0.05, 0) is 31.0 Å². The number of rotatable bonds is 2. The van der Waals surface area contributed by atoms with Gasteiger partial charge in [0, 0.05) is 43.5 Å². The third-order valence-electron chi connectivity index (χ3n) is 4.63. The molecule has 2 atom stereocenters. The van der Waals surface area contributed by atoms with Crippen LogP contribution in [0.1, 0.15) is 10.4 Å². The molecule has 3 heterocycles. The number of hydrogen-bond donors (Lipinski definition) is 2. The SMILES string of the molecule is Cc1ccsc1CN1C[C@@H]2CN(C)CCO[C@@H]2C1.O=C(O)C(F)(F)F.O=C(O)C(F)(F)F. The number of carboxylic acids is 2. The minimum atomic E-state index is -5.08. The van der Waals surface area contributed by atoms with E-state index in [1.807, 2.05) is 11.3 Å². The Labute approximate surface area is 184 Å². The number of ether oxygens (including phenoxy) is 1. The molecule has 0 bridgehead atoms. The number of aliphatic carboxylic acids is 2. The lowest BCUT2D eigenvalue weighted by molar-refractivity contribution is -0.193. The van der Waals surface area contributed by atoms with Gasteiger partial charge in [0.25, 0.3) is 0 Å². The fourth-order valence-corrected chi connectivity index (χ4v) is 3.99. The zero-order valence-electron chi connectivity index (χ0n) is 17.2. The van der Waals surface area contributed by atoms with Gasteiger partial charge in [-0.3, -0.25) is 4.90 Å². The second kappa shape index (κ2) is 11.8. The first-order chi connectivity index (χ1) is 14.6. The smallest absolute Gasteiger partial charge is 0.475 e. The number of alkyl halides is 6. The van der Waals surface area contributed by atoms with Crippen molar-refractivity contribution in [3.05, 3.63) is 21.9 Å². The van der Waals surface area contributed by atoms with E-state index in [1.54, 1.807) is 0 Å². The molecule has 0 spiro atoms. The van der Waals surface area contributed by atoms with Gasteiger partial charge in [0.1, 0.15) is 0 Å². The van der Waals surface area contributed by atoms with E-state index in [9.17, 15) is 26.3 Å². The molecule has 14 heteroatoms. The summed E-state index contributed by atoms with van der Waals surface area (Å²) in [6.45, 7) is 8.77. The Hall–Kier alpha value is -1.90. The van der Waals surface area contributed by atoms with Crippen LogP contribution in [-0.4, -0.2) is 90.2 Å². The van der Waals surface area contributed by atoms with E-state index in [0.29, 0.717) is 12.0 Å². The number of nitrogens with zero attached hydrogens (tertiary/aromatic N) is 2. The summed E-state index contributed by atoms with van der Waals surface area (Å²) in [5, 5.41) is 16.4. The van der Waals surface area contributed by atoms with Crippen molar-refractivity contribution < 1.29 is 50.9 Å². The van der Waals surface area contributed by atoms with Gasteiger partial charge in [-0.25, -0.2) is 9.59 Å². The number of carbonyl (C=O) groups is 2. The first kappa shape index (κ1) is 28.1. The van der Waals surface area contributed by atoms with Crippen LogP contribution in [0.3, 0.4) is 0 Å². The average Bonchev–Trinajstić information content (AvgIpc) is 3.16. The highest BCUT2D eigenvalue weighted by atomic mass is 32.1. The summed E-state index contributed by atoms with van der Waals surface area (Å²) >= 11 is 1.88. The molecule has 0 unspecified atom stereocenters. The lowest BCUT2D eigenvalue weighted by Gasteiger charge is -2.19. The van der Waals surface area contributed by atoms with E-state index in [1.165, 1.54) is 23.5 Å². The number of carboxylic acid groups (broad SMARTS) is 2.